The fourth-order valence-corrected chi connectivity index (χ4v) is 3.17. The predicted molar refractivity (Wildman–Crippen MR) is 73.5 cm³/mol. The minimum Gasteiger partial charge on any atom is -0.459 e. The van der Waals surface area contributed by atoms with E-state index in [9.17, 15) is 0 Å². The predicted octanol–water partition coefficient (Wildman–Crippen LogP) is 4.08. The molecule has 1 aromatic rings. The van der Waals surface area contributed by atoms with Gasteiger partial charge in [0.2, 0.25) is 0 Å². The van der Waals surface area contributed by atoms with E-state index < -0.39 is 0 Å². The molecule has 0 spiro atoms. The van der Waals surface area contributed by atoms with Crippen LogP contribution in [0.5, 0.6) is 0 Å². The van der Waals surface area contributed by atoms with Gasteiger partial charge in [0.1, 0.15) is 5.60 Å². The Bertz CT molecular complexity index is 486. The van der Waals surface area contributed by atoms with E-state index in [1.54, 1.807) is 0 Å². The highest BCUT2D eigenvalue weighted by atomic mass is 35.5. The highest BCUT2D eigenvalue weighted by Gasteiger charge is 2.50. The molecule has 1 aliphatic carbocycles. The SMILES string of the molecule is CCC1(C2CC2)OC(=S)Nc2ccc(Cl)cc21. The van der Waals surface area contributed by atoms with E-state index in [-0.39, 0.29) is 5.60 Å². The molecule has 3 rings (SSSR count). The second-order valence-electron chi connectivity index (χ2n) is 4.72. The van der Waals surface area contributed by atoms with Crippen molar-refractivity contribution in [3.63, 3.8) is 0 Å². The molecule has 1 heterocycles. The maximum atomic E-state index is 6.11. The summed E-state index contributed by atoms with van der Waals surface area (Å²) < 4.78 is 5.99. The second-order valence-corrected chi connectivity index (χ2v) is 5.53. The molecule has 17 heavy (non-hydrogen) atoms. The summed E-state index contributed by atoms with van der Waals surface area (Å²) in [5, 5.41) is 4.34. The van der Waals surface area contributed by atoms with E-state index in [2.05, 4.69) is 12.2 Å². The molecule has 90 valence electrons. The number of nitrogens with one attached hydrogen (secondary N) is 1. The van der Waals surface area contributed by atoms with Crippen LogP contribution in [0.25, 0.3) is 0 Å². The molecule has 0 amide bonds. The van der Waals surface area contributed by atoms with Crippen molar-refractivity contribution in [2.24, 2.45) is 5.92 Å². The zero-order chi connectivity index (χ0) is 12.0. The van der Waals surface area contributed by atoms with Gasteiger partial charge in [-0.15, -0.1) is 0 Å². The zero-order valence-corrected chi connectivity index (χ0v) is 11.2. The molecule has 0 saturated heterocycles. The van der Waals surface area contributed by atoms with Gasteiger partial charge in [-0.25, -0.2) is 0 Å². The van der Waals surface area contributed by atoms with E-state index in [1.807, 2.05) is 18.2 Å². The third kappa shape index (κ3) is 1.72. The smallest absolute Gasteiger partial charge is 0.262 e. The molecule has 1 unspecified atom stereocenters. The molecule has 0 radical (unpaired) electrons. The van der Waals surface area contributed by atoms with Gasteiger partial charge >= 0.3 is 0 Å². The maximum Gasteiger partial charge on any atom is 0.262 e. The third-order valence-electron chi connectivity index (χ3n) is 3.71. The van der Waals surface area contributed by atoms with Gasteiger partial charge in [-0.1, -0.05) is 18.5 Å². The number of ether oxygens (including phenoxy) is 1. The van der Waals surface area contributed by atoms with Crippen molar-refractivity contribution in [1.29, 1.82) is 0 Å². The van der Waals surface area contributed by atoms with Crippen LogP contribution < -0.4 is 5.32 Å². The number of benzene rings is 1. The Hall–Kier alpha value is -0.800. The standard InChI is InChI=1S/C13H14ClNOS/c1-2-13(8-3-4-8)10-7-9(14)5-6-11(10)15-12(17)16-13/h5-8H,2-4H2,1H3,(H,15,17). The van der Waals surface area contributed by atoms with Crippen molar-refractivity contribution in [3.8, 4) is 0 Å². The molecule has 1 aromatic carbocycles. The van der Waals surface area contributed by atoms with E-state index in [0.29, 0.717) is 11.1 Å². The fourth-order valence-electron chi connectivity index (χ4n) is 2.74. The number of rotatable bonds is 2. The minimum absolute atomic E-state index is 0.261. The lowest BCUT2D eigenvalue weighted by Gasteiger charge is -2.39. The molecule has 1 saturated carbocycles. The van der Waals surface area contributed by atoms with Crippen molar-refractivity contribution in [2.75, 3.05) is 5.32 Å². The van der Waals surface area contributed by atoms with Gasteiger partial charge in [0.05, 0.1) is 0 Å². The molecule has 0 aromatic heterocycles. The monoisotopic (exact) mass is 267 g/mol. The van der Waals surface area contributed by atoms with Gasteiger partial charge in [-0.2, -0.15) is 0 Å². The molecule has 0 bridgehead atoms. The first-order valence-electron chi connectivity index (χ1n) is 5.96. The highest BCUT2D eigenvalue weighted by Crippen LogP contribution is 2.54. The molecular weight excluding hydrogens is 254 g/mol. The minimum atomic E-state index is -0.261. The van der Waals surface area contributed by atoms with Crippen LogP contribution in [0.2, 0.25) is 5.02 Å². The summed E-state index contributed by atoms with van der Waals surface area (Å²) in [5.74, 6) is 0.574. The Labute approximate surface area is 111 Å². The maximum absolute atomic E-state index is 6.11. The van der Waals surface area contributed by atoms with E-state index in [4.69, 9.17) is 28.6 Å². The van der Waals surface area contributed by atoms with Crippen molar-refractivity contribution >= 4 is 34.7 Å². The first-order chi connectivity index (χ1) is 8.15. The topological polar surface area (TPSA) is 21.3 Å². The lowest BCUT2D eigenvalue weighted by Crippen LogP contribution is -2.40. The molecule has 1 aliphatic heterocycles. The zero-order valence-electron chi connectivity index (χ0n) is 9.63. The van der Waals surface area contributed by atoms with Gasteiger partial charge in [0.15, 0.2) is 0 Å². The Morgan fingerprint density at radius 1 is 1.53 bits per heavy atom. The average Bonchev–Trinajstić information content (AvgIpc) is 3.13. The highest BCUT2D eigenvalue weighted by molar-refractivity contribution is 7.80. The lowest BCUT2D eigenvalue weighted by molar-refractivity contribution is 0.0244. The first kappa shape index (κ1) is 11.3. The number of hydrogen-bond donors (Lipinski definition) is 1. The van der Waals surface area contributed by atoms with E-state index in [0.717, 1.165) is 22.7 Å². The summed E-state index contributed by atoms with van der Waals surface area (Å²) >= 11 is 11.3. The quantitative estimate of drug-likeness (QED) is 0.816. The Morgan fingerprint density at radius 3 is 2.94 bits per heavy atom. The van der Waals surface area contributed by atoms with Gasteiger partial charge < -0.3 is 10.1 Å². The van der Waals surface area contributed by atoms with Crippen molar-refractivity contribution in [3.05, 3.63) is 28.8 Å². The van der Waals surface area contributed by atoms with Crippen LogP contribution in [0.1, 0.15) is 31.7 Å². The van der Waals surface area contributed by atoms with Crippen LogP contribution >= 0.6 is 23.8 Å². The van der Waals surface area contributed by atoms with Crippen LogP contribution in [0.4, 0.5) is 5.69 Å². The molecule has 2 nitrogen and oxygen atoms in total. The number of fused-ring (bicyclic) bond motifs is 1. The van der Waals surface area contributed by atoms with Gasteiger partial charge in [-0.3, -0.25) is 0 Å². The number of halogens is 1. The van der Waals surface area contributed by atoms with Crippen LogP contribution in [0, 0.1) is 5.92 Å². The lowest BCUT2D eigenvalue weighted by atomic mass is 9.84. The Kier molecular flexibility index (Phi) is 2.56. The van der Waals surface area contributed by atoms with E-state index >= 15 is 0 Å². The Morgan fingerprint density at radius 2 is 2.29 bits per heavy atom. The molecule has 1 N–H and O–H groups in total. The van der Waals surface area contributed by atoms with Crippen molar-refractivity contribution < 1.29 is 4.74 Å². The fraction of sp³-hybridized carbons (Fsp3) is 0.462. The second kappa shape index (κ2) is 3.85. The number of hydrogen-bond acceptors (Lipinski definition) is 2. The normalized spacial score (nSPS) is 27.1. The van der Waals surface area contributed by atoms with Crippen LogP contribution in [0.3, 0.4) is 0 Å². The molecule has 1 fully saturated rings. The summed E-state index contributed by atoms with van der Waals surface area (Å²) in [6, 6.07) is 5.88. The summed E-state index contributed by atoms with van der Waals surface area (Å²) in [5.41, 5.74) is 1.94. The Balaban J connectivity index is 2.17. The number of anilines is 1. The molecular formula is C13H14ClNOS. The molecule has 4 heteroatoms. The van der Waals surface area contributed by atoms with Gasteiger partial charge in [-0.05, 0) is 49.7 Å². The van der Waals surface area contributed by atoms with Crippen LogP contribution in [-0.2, 0) is 10.3 Å². The first-order valence-corrected chi connectivity index (χ1v) is 6.74. The van der Waals surface area contributed by atoms with Crippen molar-refractivity contribution in [2.45, 2.75) is 31.8 Å². The van der Waals surface area contributed by atoms with Gasteiger partial charge in [0, 0.05) is 22.2 Å². The average molecular weight is 268 g/mol. The molecule has 1 atom stereocenters. The van der Waals surface area contributed by atoms with Gasteiger partial charge in [0.25, 0.3) is 5.17 Å². The van der Waals surface area contributed by atoms with E-state index in [1.165, 1.54) is 12.8 Å². The van der Waals surface area contributed by atoms with Crippen LogP contribution in [-0.4, -0.2) is 5.17 Å². The summed E-state index contributed by atoms with van der Waals surface area (Å²) in [6.07, 6.45) is 3.34. The van der Waals surface area contributed by atoms with Crippen molar-refractivity contribution in [1.82, 2.24) is 0 Å². The summed E-state index contributed by atoms with van der Waals surface area (Å²) in [7, 11) is 0. The van der Waals surface area contributed by atoms with Crippen LogP contribution in [0.15, 0.2) is 18.2 Å². The summed E-state index contributed by atoms with van der Waals surface area (Å²) in [6.45, 7) is 2.15. The summed E-state index contributed by atoms with van der Waals surface area (Å²) in [4.78, 5) is 0. The third-order valence-corrected chi connectivity index (χ3v) is 4.13. The number of thiocarbonyl (C=S) groups is 1. The molecule has 2 aliphatic rings. The largest absolute Gasteiger partial charge is 0.459 e.